The summed E-state index contributed by atoms with van der Waals surface area (Å²) in [5, 5.41) is 3.55. The zero-order chi connectivity index (χ0) is 21.0. The lowest BCUT2D eigenvalue weighted by Gasteiger charge is -2.31. The van der Waals surface area contributed by atoms with E-state index < -0.39 is 0 Å². The maximum absolute atomic E-state index is 12.7. The van der Waals surface area contributed by atoms with Gasteiger partial charge >= 0.3 is 12.1 Å². The van der Waals surface area contributed by atoms with Crippen LogP contribution in [-0.2, 0) is 27.1 Å². The number of nitrogens with one attached hydrogen (secondary N) is 2. The zero-order valence-corrected chi connectivity index (χ0v) is 18.2. The fourth-order valence-electron chi connectivity index (χ4n) is 3.95. The summed E-state index contributed by atoms with van der Waals surface area (Å²) < 4.78 is 10.0. The van der Waals surface area contributed by atoms with Crippen molar-refractivity contribution in [2.24, 2.45) is 5.92 Å². The molecule has 0 spiro atoms. The second-order valence-electron chi connectivity index (χ2n) is 7.71. The minimum atomic E-state index is -0.386. The highest BCUT2D eigenvalue weighted by Crippen LogP contribution is 2.39. The quantitative estimate of drug-likeness (QED) is 0.687. The van der Waals surface area contributed by atoms with Crippen molar-refractivity contribution in [3.63, 3.8) is 0 Å². The molecule has 1 fully saturated rings. The molecule has 2 heterocycles. The summed E-state index contributed by atoms with van der Waals surface area (Å²) in [6.45, 7) is 7.17. The van der Waals surface area contributed by atoms with Crippen molar-refractivity contribution in [1.29, 1.82) is 0 Å². The molecule has 2 aliphatic rings. The molecule has 1 aromatic rings. The second kappa shape index (κ2) is 9.58. The first-order valence-corrected chi connectivity index (χ1v) is 11.0. The molecule has 1 atom stereocenters. The van der Waals surface area contributed by atoms with Crippen LogP contribution in [0.3, 0.4) is 0 Å². The molecule has 29 heavy (non-hydrogen) atoms. The van der Waals surface area contributed by atoms with Gasteiger partial charge in [0.1, 0.15) is 5.00 Å². The summed E-state index contributed by atoms with van der Waals surface area (Å²) in [4.78, 5) is 40.8. The molecular weight excluding hydrogens is 394 g/mol. The third-order valence-electron chi connectivity index (χ3n) is 5.56. The minimum Gasteiger partial charge on any atom is -0.465 e. The highest BCUT2D eigenvalue weighted by Gasteiger charge is 2.30. The molecule has 1 saturated heterocycles. The minimum absolute atomic E-state index is 0.124. The van der Waals surface area contributed by atoms with Gasteiger partial charge in [-0.2, -0.15) is 0 Å². The molecule has 1 aliphatic carbocycles. The van der Waals surface area contributed by atoms with Gasteiger partial charge in [0.15, 0.2) is 6.54 Å². The number of esters is 1. The largest absolute Gasteiger partial charge is 0.465 e. The molecule has 160 valence electrons. The van der Waals surface area contributed by atoms with Gasteiger partial charge in [-0.3, -0.25) is 9.69 Å². The molecule has 9 heteroatoms. The average molecular weight is 425 g/mol. The van der Waals surface area contributed by atoms with E-state index in [1.165, 1.54) is 23.3 Å². The van der Waals surface area contributed by atoms with Crippen molar-refractivity contribution in [2.75, 3.05) is 51.8 Å². The number of hydrogen-bond donors (Lipinski definition) is 2. The molecule has 2 N–H and O–H groups in total. The Labute approximate surface area is 175 Å². The summed E-state index contributed by atoms with van der Waals surface area (Å²) in [7, 11) is 1.37. The smallest absolute Gasteiger partial charge is 0.410 e. The Balaban J connectivity index is 1.61. The van der Waals surface area contributed by atoms with Crippen molar-refractivity contribution >= 4 is 34.3 Å². The van der Waals surface area contributed by atoms with Crippen LogP contribution in [0.25, 0.3) is 0 Å². The van der Waals surface area contributed by atoms with Gasteiger partial charge in [0.2, 0.25) is 0 Å². The third-order valence-corrected chi connectivity index (χ3v) is 6.73. The molecule has 0 bridgehead atoms. The van der Waals surface area contributed by atoms with Crippen LogP contribution < -0.4 is 10.2 Å². The van der Waals surface area contributed by atoms with Crippen LogP contribution in [0.4, 0.5) is 9.80 Å². The fraction of sp³-hybridized carbons (Fsp3) is 0.650. The summed E-state index contributed by atoms with van der Waals surface area (Å²) in [5.41, 5.74) is 1.56. The lowest BCUT2D eigenvalue weighted by atomic mass is 9.88. The Morgan fingerprint density at radius 3 is 2.66 bits per heavy atom. The van der Waals surface area contributed by atoms with Crippen molar-refractivity contribution in [1.82, 2.24) is 4.90 Å². The highest BCUT2D eigenvalue weighted by molar-refractivity contribution is 7.17. The summed E-state index contributed by atoms with van der Waals surface area (Å²) in [6.07, 6.45) is 2.52. The standard InChI is InChI=1S/C20H29N3O5S/c1-4-28-20(26)23-9-7-22(8-10-23)12-16(24)21-18-17(19(25)27-3)14-6-5-13(2)11-15(14)29-18/h13H,4-12H2,1-3H3,(H,21,24)/p+1/t13-/m1/s1. The van der Waals surface area contributed by atoms with Gasteiger partial charge in [0.05, 0.1) is 45.5 Å². The first-order valence-electron chi connectivity index (χ1n) is 10.2. The molecule has 1 aliphatic heterocycles. The molecular formula is C20H30N3O5S+. The maximum Gasteiger partial charge on any atom is 0.410 e. The van der Waals surface area contributed by atoms with E-state index in [2.05, 4.69) is 12.2 Å². The molecule has 0 radical (unpaired) electrons. The van der Waals surface area contributed by atoms with E-state index in [0.29, 0.717) is 55.8 Å². The van der Waals surface area contributed by atoms with Crippen molar-refractivity contribution in [2.45, 2.75) is 33.1 Å². The Hall–Kier alpha value is -2.13. The van der Waals surface area contributed by atoms with Gasteiger partial charge in [-0.25, -0.2) is 9.59 Å². The van der Waals surface area contributed by atoms with Crippen LogP contribution in [0.5, 0.6) is 0 Å². The van der Waals surface area contributed by atoms with Gasteiger partial charge < -0.3 is 19.7 Å². The van der Waals surface area contributed by atoms with E-state index in [9.17, 15) is 14.4 Å². The monoisotopic (exact) mass is 424 g/mol. The first kappa shape index (κ1) is 21.6. The number of amides is 2. The number of quaternary nitrogens is 1. The Morgan fingerprint density at radius 2 is 2.00 bits per heavy atom. The number of ether oxygens (including phenoxy) is 2. The molecule has 0 unspecified atom stereocenters. The Bertz CT molecular complexity index is 770. The number of rotatable bonds is 5. The van der Waals surface area contributed by atoms with Crippen LogP contribution in [0, 0.1) is 5.92 Å². The number of piperazine rings is 1. The number of carbonyl (C=O) groups excluding carboxylic acids is 3. The molecule has 0 aromatic carbocycles. The Kier molecular flexibility index (Phi) is 7.13. The molecule has 8 nitrogen and oxygen atoms in total. The van der Waals surface area contributed by atoms with E-state index in [1.54, 1.807) is 11.8 Å². The van der Waals surface area contributed by atoms with E-state index in [0.717, 1.165) is 29.7 Å². The van der Waals surface area contributed by atoms with Gasteiger partial charge in [0, 0.05) is 4.88 Å². The van der Waals surface area contributed by atoms with Crippen LogP contribution >= 0.6 is 11.3 Å². The van der Waals surface area contributed by atoms with Crippen molar-refractivity contribution < 1.29 is 28.8 Å². The van der Waals surface area contributed by atoms with Gasteiger partial charge in [-0.15, -0.1) is 11.3 Å². The number of thiophene rings is 1. The van der Waals surface area contributed by atoms with Crippen molar-refractivity contribution in [3.8, 4) is 0 Å². The summed E-state index contributed by atoms with van der Waals surface area (Å²) >= 11 is 1.50. The van der Waals surface area contributed by atoms with Crippen LogP contribution in [0.1, 0.15) is 41.1 Å². The third kappa shape index (κ3) is 5.08. The molecule has 2 amide bonds. The van der Waals surface area contributed by atoms with Crippen LogP contribution in [-0.4, -0.2) is 69.3 Å². The van der Waals surface area contributed by atoms with Gasteiger partial charge in [0.25, 0.3) is 5.91 Å². The maximum atomic E-state index is 12.7. The average Bonchev–Trinajstić information content (AvgIpc) is 3.04. The predicted octanol–water partition coefficient (Wildman–Crippen LogP) is 0.955. The molecule has 3 rings (SSSR count). The van der Waals surface area contributed by atoms with E-state index in [-0.39, 0.29) is 18.0 Å². The SMILES string of the molecule is CCOC(=O)N1CC[NH+](CC(=O)Nc2sc3c(c2C(=O)OC)CC[C@@H](C)C3)CC1. The first-order chi connectivity index (χ1) is 13.9. The second-order valence-corrected chi connectivity index (χ2v) is 8.81. The predicted molar refractivity (Wildman–Crippen MR) is 110 cm³/mol. The normalized spacial score (nSPS) is 19.4. The van der Waals surface area contributed by atoms with Crippen molar-refractivity contribution in [3.05, 3.63) is 16.0 Å². The molecule has 1 aromatic heterocycles. The van der Waals surface area contributed by atoms with Crippen LogP contribution in [0.15, 0.2) is 0 Å². The number of fused-ring (bicyclic) bond motifs is 1. The fourth-order valence-corrected chi connectivity index (χ4v) is 5.37. The number of methoxy groups -OCH3 is 1. The van der Waals surface area contributed by atoms with Gasteiger partial charge in [-0.05, 0) is 37.7 Å². The summed E-state index contributed by atoms with van der Waals surface area (Å²) in [5.74, 6) is 0.0690. The number of anilines is 1. The Morgan fingerprint density at radius 1 is 1.28 bits per heavy atom. The van der Waals surface area contributed by atoms with Gasteiger partial charge in [-0.1, -0.05) is 6.92 Å². The topological polar surface area (TPSA) is 89.4 Å². The number of hydrogen-bond acceptors (Lipinski definition) is 6. The van der Waals surface area contributed by atoms with E-state index >= 15 is 0 Å². The van der Waals surface area contributed by atoms with E-state index in [4.69, 9.17) is 9.47 Å². The number of nitrogens with zero attached hydrogens (tertiary/aromatic N) is 1. The zero-order valence-electron chi connectivity index (χ0n) is 17.3. The lowest BCUT2D eigenvalue weighted by molar-refractivity contribution is -0.895. The number of carbonyl (C=O) groups is 3. The van der Waals surface area contributed by atoms with Crippen LogP contribution in [0.2, 0.25) is 0 Å². The lowest BCUT2D eigenvalue weighted by Crippen LogP contribution is -3.15. The summed E-state index contributed by atoms with van der Waals surface area (Å²) in [6, 6.07) is 0. The van der Waals surface area contributed by atoms with E-state index in [1.807, 2.05) is 0 Å². The molecule has 0 saturated carbocycles. The highest BCUT2D eigenvalue weighted by atomic mass is 32.1.